The molecule has 2 heterocycles. The maximum absolute atomic E-state index is 5.69. The van der Waals surface area contributed by atoms with Gasteiger partial charge in [0.15, 0.2) is 0 Å². The number of rotatable bonds is 3. The third-order valence-corrected chi connectivity index (χ3v) is 2.39. The Morgan fingerprint density at radius 3 is 3.29 bits per heavy atom. The van der Waals surface area contributed by atoms with Gasteiger partial charge in [0.05, 0.1) is 0 Å². The van der Waals surface area contributed by atoms with Crippen molar-refractivity contribution in [3.8, 4) is 6.01 Å². The Kier molecular flexibility index (Phi) is 3.16. The zero-order valence-electron chi connectivity index (χ0n) is 7.74. The molecular weight excluding hydrogens is 202 g/mol. The highest BCUT2D eigenvalue weighted by molar-refractivity contribution is 6.29. The molecule has 1 aromatic heterocycles. The fraction of sp³-hybridized carbons (Fsp3) is 0.556. The van der Waals surface area contributed by atoms with Gasteiger partial charge in [0.25, 0.3) is 0 Å². The number of hydrogen-bond acceptors (Lipinski definition) is 4. The molecule has 0 radical (unpaired) electrons. The van der Waals surface area contributed by atoms with Gasteiger partial charge in [-0.15, -0.1) is 0 Å². The van der Waals surface area contributed by atoms with Crippen molar-refractivity contribution in [3.05, 3.63) is 17.4 Å². The quantitative estimate of drug-likeness (QED) is 0.768. The Hall–Kier alpha value is -0.870. The molecule has 0 bridgehead atoms. The van der Waals surface area contributed by atoms with Gasteiger partial charge in [-0.2, -0.15) is 4.98 Å². The van der Waals surface area contributed by atoms with Crippen molar-refractivity contribution in [3.63, 3.8) is 0 Å². The van der Waals surface area contributed by atoms with E-state index in [1.54, 1.807) is 12.3 Å². The monoisotopic (exact) mass is 213 g/mol. The van der Waals surface area contributed by atoms with E-state index in [9.17, 15) is 0 Å². The summed E-state index contributed by atoms with van der Waals surface area (Å²) in [6, 6.07) is 2.41. The minimum absolute atomic E-state index is 0.353. The second-order valence-corrected chi connectivity index (χ2v) is 3.65. The summed E-state index contributed by atoms with van der Waals surface area (Å²) in [4.78, 5) is 7.89. The average Bonchev–Trinajstić information content (AvgIpc) is 2.67. The zero-order chi connectivity index (χ0) is 9.80. The van der Waals surface area contributed by atoms with E-state index in [0.29, 0.717) is 23.8 Å². The molecule has 1 N–H and O–H groups in total. The summed E-state index contributed by atoms with van der Waals surface area (Å²) in [5.41, 5.74) is 0. The number of nitrogens with one attached hydrogen (secondary N) is 1. The lowest BCUT2D eigenvalue weighted by Gasteiger charge is -2.10. The van der Waals surface area contributed by atoms with Gasteiger partial charge in [-0.1, -0.05) is 11.6 Å². The van der Waals surface area contributed by atoms with E-state index < -0.39 is 0 Å². The van der Waals surface area contributed by atoms with E-state index in [-0.39, 0.29) is 0 Å². The first-order valence-electron chi connectivity index (χ1n) is 4.69. The van der Waals surface area contributed by atoms with E-state index >= 15 is 0 Å². The molecule has 1 fully saturated rings. The molecule has 14 heavy (non-hydrogen) atoms. The van der Waals surface area contributed by atoms with Gasteiger partial charge in [-0.05, 0) is 25.5 Å². The Morgan fingerprint density at radius 2 is 2.57 bits per heavy atom. The fourth-order valence-electron chi connectivity index (χ4n) is 1.46. The van der Waals surface area contributed by atoms with Crippen LogP contribution in [0.1, 0.15) is 12.8 Å². The Labute approximate surface area is 87.7 Å². The summed E-state index contributed by atoms with van der Waals surface area (Å²) in [7, 11) is 0. The molecule has 4 nitrogen and oxygen atoms in total. The Morgan fingerprint density at radius 1 is 1.64 bits per heavy atom. The molecule has 0 amide bonds. The standard InChI is InChI=1S/C9H12ClN3O/c10-8-3-5-12-9(13-8)14-6-7-2-1-4-11-7/h3,5,7,11H,1-2,4,6H2. The van der Waals surface area contributed by atoms with Crippen LogP contribution in [-0.4, -0.2) is 29.2 Å². The van der Waals surface area contributed by atoms with Crippen molar-refractivity contribution in [2.45, 2.75) is 18.9 Å². The lowest BCUT2D eigenvalue weighted by Crippen LogP contribution is -2.28. The lowest BCUT2D eigenvalue weighted by molar-refractivity contribution is 0.257. The van der Waals surface area contributed by atoms with Crippen LogP contribution in [0.15, 0.2) is 12.3 Å². The van der Waals surface area contributed by atoms with Gasteiger partial charge in [-0.25, -0.2) is 4.98 Å². The van der Waals surface area contributed by atoms with Crippen molar-refractivity contribution in [1.82, 2.24) is 15.3 Å². The maximum atomic E-state index is 5.69. The van der Waals surface area contributed by atoms with Crippen LogP contribution in [0.25, 0.3) is 0 Å². The third-order valence-electron chi connectivity index (χ3n) is 2.18. The predicted octanol–water partition coefficient (Wildman–Crippen LogP) is 1.26. The second-order valence-electron chi connectivity index (χ2n) is 3.27. The van der Waals surface area contributed by atoms with Gasteiger partial charge in [0.1, 0.15) is 11.8 Å². The van der Waals surface area contributed by atoms with Crippen LogP contribution in [0, 0.1) is 0 Å². The van der Waals surface area contributed by atoms with E-state index in [0.717, 1.165) is 13.0 Å². The molecule has 5 heteroatoms. The van der Waals surface area contributed by atoms with Crippen LogP contribution in [0.4, 0.5) is 0 Å². The topological polar surface area (TPSA) is 47.0 Å². The van der Waals surface area contributed by atoms with E-state index in [1.807, 2.05) is 0 Å². The number of ether oxygens (including phenoxy) is 1. The van der Waals surface area contributed by atoms with Gasteiger partial charge in [0.2, 0.25) is 0 Å². The summed E-state index contributed by atoms with van der Waals surface area (Å²) in [5, 5.41) is 3.74. The molecule has 76 valence electrons. The Bertz CT molecular complexity index is 302. The first-order valence-corrected chi connectivity index (χ1v) is 5.07. The molecule has 1 unspecified atom stereocenters. The van der Waals surface area contributed by atoms with Crippen molar-refractivity contribution >= 4 is 11.6 Å². The van der Waals surface area contributed by atoms with Gasteiger partial charge in [0, 0.05) is 12.2 Å². The highest BCUT2D eigenvalue weighted by Gasteiger charge is 2.14. The van der Waals surface area contributed by atoms with E-state index in [2.05, 4.69) is 15.3 Å². The molecule has 1 atom stereocenters. The molecule has 0 aliphatic carbocycles. The summed E-state index contributed by atoms with van der Waals surface area (Å²) in [6.45, 7) is 1.69. The molecule has 0 aromatic carbocycles. The van der Waals surface area contributed by atoms with E-state index in [1.165, 1.54) is 6.42 Å². The number of aromatic nitrogens is 2. The number of nitrogens with zero attached hydrogens (tertiary/aromatic N) is 2. The molecular formula is C9H12ClN3O. The van der Waals surface area contributed by atoms with E-state index in [4.69, 9.17) is 16.3 Å². The number of hydrogen-bond donors (Lipinski definition) is 1. The minimum atomic E-state index is 0.353. The van der Waals surface area contributed by atoms with Gasteiger partial charge < -0.3 is 10.1 Å². The zero-order valence-corrected chi connectivity index (χ0v) is 8.50. The summed E-state index contributed by atoms with van der Waals surface area (Å²) in [6.07, 6.45) is 3.96. The average molecular weight is 214 g/mol. The maximum Gasteiger partial charge on any atom is 0.317 e. The van der Waals surface area contributed by atoms with Crippen molar-refractivity contribution < 1.29 is 4.74 Å². The fourth-order valence-corrected chi connectivity index (χ4v) is 1.59. The predicted molar refractivity (Wildman–Crippen MR) is 53.6 cm³/mol. The molecule has 2 rings (SSSR count). The second kappa shape index (κ2) is 4.57. The number of halogens is 1. The van der Waals surface area contributed by atoms with Crippen LogP contribution in [-0.2, 0) is 0 Å². The van der Waals surface area contributed by atoms with Gasteiger partial charge in [-0.3, -0.25) is 0 Å². The van der Waals surface area contributed by atoms with Crippen molar-refractivity contribution in [2.24, 2.45) is 0 Å². The lowest BCUT2D eigenvalue weighted by atomic mass is 10.2. The highest BCUT2D eigenvalue weighted by atomic mass is 35.5. The molecule has 1 aromatic rings. The van der Waals surface area contributed by atoms with Crippen LogP contribution < -0.4 is 10.1 Å². The smallest absolute Gasteiger partial charge is 0.317 e. The molecule has 1 aliphatic heterocycles. The highest BCUT2D eigenvalue weighted by Crippen LogP contribution is 2.10. The molecule has 0 saturated carbocycles. The third kappa shape index (κ3) is 2.56. The van der Waals surface area contributed by atoms with Crippen LogP contribution >= 0.6 is 11.6 Å². The van der Waals surface area contributed by atoms with Crippen LogP contribution in [0.3, 0.4) is 0 Å². The largest absolute Gasteiger partial charge is 0.462 e. The Balaban J connectivity index is 1.85. The first-order chi connectivity index (χ1) is 6.84. The SMILES string of the molecule is Clc1ccnc(OCC2CCCN2)n1. The first kappa shape index (κ1) is 9.68. The summed E-state index contributed by atoms with van der Waals surface area (Å²) < 4.78 is 5.40. The molecule has 1 saturated heterocycles. The van der Waals surface area contributed by atoms with Crippen molar-refractivity contribution in [1.29, 1.82) is 0 Å². The summed E-state index contributed by atoms with van der Waals surface area (Å²) >= 11 is 5.69. The molecule has 1 aliphatic rings. The normalized spacial score (nSPS) is 21.1. The van der Waals surface area contributed by atoms with Crippen LogP contribution in [0.5, 0.6) is 6.01 Å². The minimum Gasteiger partial charge on any atom is -0.462 e. The summed E-state index contributed by atoms with van der Waals surface area (Å²) in [5.74, 6) is 0. The molecule has 0 spiro atoms. The van der Waals surface area contributed by atoms with Gasteiger partial charge >= 0.3 is 6.01 Å². The van der Waals surface area contributed by atoms with Crippen LogP contribution in [0.2, 0.25) is 5.15 Å². The van der Waals surface area contributed by atoms with Crippen molar-refractivity contribution in [2.75, 3.05) is 13.2 Å².